The number of carbonyl (C=O) groups is 1. The molecule has 16 heavy (non-hydrogen) atoms. The van der Waals surface area contributed by atoms with Crippen LogP contribution in [0.4, 0.5) is 4.79 Å². The van der Waals surface area contributed by atoms with Crippen molar-refractivity contribution in [1.82, 2.24) is 0 Å². The molecule has 96 valence electrons. The molecule has 1 fully saturated rings. The van der Waals surface area contributed by atoms with E-state index in [4.69, 9.17) is 26.3 Å². The van der Waals surface area contributed by atoms with Crippen LogP contribution >= 0.6 is 7.60 Å². The predicted molar refractivity (Wildman–Crippen MR) is 49.9 cm³/mol. The average Bonchev–Trinajstić information content (AvgIpc) is 2.09. The molecule has 0 aromatic rings. The second kappa shape index (κ2) is 8.34. The van der Waals surface area contributed by atoms with Crippen molar-refractivity contribution in [3.05, 3.63) is 11.5 Å². The molecule has 0 amide bonds. The topological polar surface area (TPSA) is 148 Å². The maximum Gasteiger partial charge on any atom is 4.00 e. The summed E-state index contributed by atoms with van der Waals surface area (Å²) in [6, 6.07) is -0.160. The number of carbonyl (C=O) groups excluding carboxylic acids is 1. The Morgan fingerprint density at radius 3 is 1.62 bits per heavy atom. The summed E-state index contributed by atoms with van der Waals surface area (Å²) in [5, 5.41) is 9.08. The standard InChI is InChI=1S/C6H12N2.CH3O5P.Pt/c7-5-3-1-2-4-6(5)8;2-1(3)7(4,5)6;/h5-8H,1-4H2;(H,2,3)(H2,4,5,6);/q-2;;+4/p-2. The van der Waals surface area contributed by atoms with Crippen LogP contribution in [0, 0.1) is 0 Å². The summed E-state index contributed by atoms with van der Waals surface area (Å²) in [4.78, 5) is 25.8. The Kier molecular flexibility index (Phi) is 9.69. The van der Waals surface area contributed by atoms with E-state index < -0.39 is 13.3 Å². The first kappa shape index (κ1) is 18.6. The second-order valence-corrected chi connectivity index (χ2v) is 4.69. The SMILES string of the molecule is O=C([O-])P(=O)([O-])O.[NH-]C1CCCCC1[NH-].[Pt+4]. The summed E-state index contributed by atoms with van der Waals surface area (Å²) in [6.07, 6.45) is 4.25. The Morgan fingerprint density at radius 2 is 1.50 bits per heavy atom. The van der Waals surface area contributed by atoms with Crippen LogP contribution < -0.4 is 10.00 Å². The molecule has 9 heteroatoms. The molecule has 0 aliphatic heterocycles. The molecule has 0 bridgehead atoms. The molecule has 1 aliphatic rings. The van der Waals surface area contributed by atoms with Crippen molar-refractivity contribution in [3.63, 3.8) is 0 Å². The predicted octanol–water partition coefficient (Wildman–Crippen LogP) is 0.275. The van der Waals surface area contributed by atoms with Gasteiger partial charge in [-0.3, -0.25) is 0 Å². The van der Waals surface area contributed by atoms with Crippen LogP contribution in [0.25, 0.3) is 11.5 Å². The fourth-order valence-electron chi connectivity index (χ4n) is 1.13. The first-order chi connectivity index (χ1) is 6.75. The zero-order valence-corrected chi connectivity index (χ0v) is 11.5. The van der Waals surface area contributed by atoms with Gasteiger partial charge in [0.25, 0.3) is 0 Å². The molecule has 0 spiro atoms. The average molecular weight is 431 g/mol. The number of carboxylic acid groups (broad SMARTS) is 1. The minimum atomic E-state index is -5.18. The van der Waals surface area contributed by atoms with Gasteiger partial charge < -0.3 is 35.7 Å². The van der Waals surface area contributed by atoms with Crippen molar-refractivity contribution in [3.8, 4) is 0 Å². The Balaban J connectivity index is 0. The monoisotopic (exact) mass is 431 g/mol. The van der Waals surface area contributed by atoms with Gasteiger partial charge in [-0.05, 0) is 0 Å². The molecule has 3 atom stereocenters. The molecule has 1 saturated carbocycles. The molecule has 0 aromatic carbocycles. The third-order valence-corrected chi connectivity index (χ3v) is 2.46. The molecule has 0 aromatic heterocycles. The maximum atomic E-state index is 9.25. The summed E-state index contributed by atoms with van der Waals surface area (Å²) in [5.74, 6) is 0. The first-order valence-corrected chi connectivity index (χ1v) is 6.00. The normalized spacial score (nSPS) is 27.8. The maximum absolute atomic E-state index is 9.25. The molecule has 3 unspecified atom stereocenters. The van der Waals surface area contributed by atoms with E-state index in [-0.39, 0.29) is 33.1 Å². The van der Waals surface area contributed by atoms with Gasteiger partial charge in [-0.1, -0.05) is 25.7 Å². The van der Waals surface area contributed by atoms with E-state index in [1.165, 1.54) is 12.8 Å². The summed E-state index contributed by atoms with van der Waals surface area (Å²) in [7, 11) is -5.18. The fraction of sp³-hybridized carbons (Fsp3) is 0.857. The van der Waals surface area contributed by atoms with Crippen LogP contribution in [0.5, 0.6) is 0 Å². The third kappa shape index (κ3) is 8.39. The molecule has 1 aliphatic carbocycles. The molecular weight excluding hydrogens is 418 g/mol. The van der Waals surface area contributed by atoms with Crippen molar-refractivity contribution in [2.45, 2.75) is 37.8 Å². The van der Waals surface area contributed by atoms with E-state index in [0.29, 0.717) is 0 Å². The van der Waals surface area contributed by atoms with Gasteiger partial charge in [0.15, 0.2) is 7.60 Å². The van der Waals surface area contributed by atoms with Crippen molar-refractivity contribution < 1.29 is 45.3 Å². The molecular formula is C7H13N2O5PPt. The smallest absolute Gasteiger partial charge is 0.774 e. The Labute approximate surface area is 108 Å². The fourth-order valence-corrected chi connectivity index (χ4v) is 1.13. The molecule has 0 radical (unpaired) electrons. The second-order valence-electron chi connectivity index (χ2n) is 3.28. The zero-order valence-electron chi connectivity index (χ0n) is 8.33. The first-order valence-electron chi connectivity index (χ1n) is 4.42. The van der Waals surface area contributed by atoms with Gasteiger partial charge in [-0.2, -0.15) is 12.1 Å². The molecule has 3 N–H and O–H groups in total. The third-order valence-electron chi connectivity index (χ3n) is 2.00. The van der Waals surface area contributed by atoms with Gasteiger partial charge in [0.1, 0.15) is 5.71 Å². The van der Waals surface area contributed by atoms with E-state index in [1.807, 2.05) is 0 Å². The van der Waals surface area contributed by atoms with Crippen molar-refractivity contribution >= 4 is 13.3 Å². The van der Waals surface area contributed by atoms with E-state index >= 15 is 0 Å². The number of rotatable bonds is 1. The van der Waals surface area contributed by atoms with Crippen LogP contribution in [-0.2, 0) is 25.6 Å². The van der Waals surface area contributed by atoms with Gasteiger partial charge in [0.05, 0.1) is 0 Å². The summed E-state index contributed by atoms with van der Waals surface area (Å²) in [5.41, 5.74) is 12.1. The van der Waals surface area contributed by atoms with Crippen molar-refractivity contribution in [2.75, 3.05) is 0 Å². The van der Waals surface area contributed by atoms with Crippen LogP contribution in [0.15, 0.2) is 0 Å². The Bertz CT molecular complexity index is 249. The van der Waals surface area contributed by atoms with Gasteiger partial charge in [-0.15, -0.1) is 0 Å². The Morgan fingerprint density at radius 1 is 1.25 bits per heavy atom. The molecule has 7 nitrogen and oxygen atoms in total. The Hall–Kier alpha value is 0.228. The van der Waals surface area contributed by atoms with Gasteiger partial charge in [0.2, 0.25) is 0 Å². The van der Waals surface area contributed by atoms with E-state index in [1.54, 1.807) is 0 Å². The number of hydrogen-bond donors (Lipinski definition) is 1. The van der Waals surface area contributed by atoms with Crippen LogP contribution in [0.3, 0.4) is 0 Å². The van der Waals surface area contributed by atoms with Crippen molar-refractivity contribution in [2.24, 2.45) is 0 Å². The minimum Gasteiger partial charge on any atom is -0.774 e. The molecule has 1 rings (SSSR count). The minimum absolute atomic E-state index is 0. The number of hydrogen-bond acceptors (Lipinski definition) is 4. The quantitative estimate of drug-likeness (QED) is 0.592. The van der Waals surface area contributed by atoms with Gasteiger partial charge >= 0.3 is 21.1 Å². The summed E-state index contributed by atoms with van der Waals surface area (Å²) >= 11 is 0. The molecule has 0 heterocycles. The summed E-state index contributed by atoms with van der Waals surface area (Å²) < 4.78 is 9.25. The number of nitrogens with one attached hydrogen (secondary N) is 2. The van der Waals surface area contributed by atoms with Crippen LogP contribution in [-0.4, -0.2) is 22.7 Å². The van der Waals surface area contributed by atoms with Gasteiger partial charge in [0, 0.05) is 0 Å². The van der Waals surface area contributed by atoms with E-state index in [0.717, 1.165) is 12.8 Å². The van der Waals surface area contributed by atoms with Crippen LogP contribution in [0.2, 0.25) is 0 Å². The van der Waals surface area contributed by atoms with E-state index in [2.05, 4.69) is 0 Å². The van der Waals surface area contributed by atoms with E-state index in [9.17, 15) is 9.46 Å². The summed E-state index contributed by atoms with van der Waals surface area (Å²) in [6.45, 7) is 0. The molecule has 0 saturated heterocycles. The van der Waals surface area contributed by atoms with Gasteiger partial charge in [-0.25, -0.2) is 0 Å². The largest absolute Gasteiger partial charge is 4.00 e. The van der Waals surface area contributed by atoms with Crippen LogP contribution in [0.1, 0.15) is 25.7 Å². The zero-order chi connectivity index (χ0) is 12.1. The van der Waals surface area contributed by atoms with Crippen molar-refractivity contribution in [1.29, 1.82) is 0 Å².